The van der Waals surface area contributed by atoms with E-state index in [1.807, 2.05) is 0 Å². The summed E-state index contributed by atoms with van der Waals surface area (Å²) in [6.45, 7) is 6.70. The molecule has 0 nitrogen and oxygen atoms in total. The molecular formula is C15H26. The van der Waals surface area contributed by atoms with Crippen molar-refractivity contribution in [2.24, 2.45) is 11.8 Å². The second-order valence-electron chi connectivity index (χ2n) is 5.03. The molecule has 0 amide bonds. The molecule has 0 saturated heterocycles. The van der Waals surface area contributed by atoms with Crippen molar-refractivity contribution in [3.63, 3.8) is 0 Å². The van der Waals surface area contributed by atoms with Gasteiger partial charge < -0.3 is 0 Å². The van der Waals surface area contributed by atoms with E-state index in [0.717, 1.165) is 11.8 Å². The highest BCUT2D eigenvalue weighted by molar-refractivity contribution is 5.14. The van der Waals surface area contributed by atoms with Crippen LogP contribution in [0.4, 0.5) is 0 Å². The van der Waals surface area contributed by atoms with Crippen LogP contribution in [0.5, 0.6) is 0 Å². The number of hydrogen-bond donors (Lipinski definition) is 0. The van der Waals surface area contributed by atoms with Crippen LogP contribution in [0.2, 0.25) is 0 Å². The van der Waals surface area contributed by atoms with Crippen LogP contribution in [-0.2, 0) is 0 Å². The smallest absolute Gasteiger partial charge is 0.0345 e. The van der Waals surface area contributed by atoms with Gasteiger partial charge in [0, 0.05) is 0 Å². The molecule has 1 aliphatic carbocycles. The number of rotatable bonds is 4. The van der Waals surface area contributed by atoms with Crippen molar-refractivity contribution in [3.8, 4) is 0 Å². The summed E-state index contributed by atoms with van der Waals surface area (Å²) in [7, 11) is 0. The molecule has 1 saturated carbocycles. The van der Waals surface area contributed by atoms with Gasteiger partial charge in [-0.15, -0.1) is 0 Å². The molecule has 0 N–H and O–H groups in total. The van der Waals surface area contributed by atoms with Gasteiger partial charge in [0.05, 0.1) is 0 Å². The van der Waals surface area contributed by atoms with Crippen molar-refractivity contribution < 1.29 is 0 Å². The normalized spacial score (nSPS) is 28.6. The van der Waals surface area contributed by atoms with E-state index >= 15 is 0 Å². The molecule has 15 heavy (non-hydrogen) atoms. The summed E-state index contributed by atoms with van der Waals surface area (Å²) >= 11 is 0. The van der Waals surface area contributed by atoms with E-state index in [4.69, 9.17) is 0 Å². The third-order valence-corrected chi connectivity index (χ3v) is 3.83. The Balaban J connectivity index is 2.21. The number of allylic oxidation sites excluding steroid dienone is 4. The highest BCUT2D eigenvalue weighted by Crippen LogP contribution is 2.32. The summed E-state index contributed by atoms with van der Waals surface area (Å²) in [5.41, 5.74) is 1.38. The Morgan fingerprint density at radius 2 is 2.00 bits per heavy atom. The molecule has 0 aromatic carbocycles. The van der Waals surface area contributed by atoms with Crippen LogP contribution in [-0.4, -0.2) is 0 Å². The summed E-state index contributed by atoms with van der Waals surface area (Å²) in [6.07, 6.45) is 15.3. The van der Waals surface area contributed by atoms with Gasteiger partial charge in [0.25, 0.3) is 0 Å². The molecule has 0 spiro atoms. The lowest BCUT2D eigenvalue weighted by Gasteiger charge is -2.28. The number of hydrogen-bond acceptors (Lipinski definition) is 0. The van der Waals surface area contributed by atoms with E-state index in [1.165, 1.54) is 44.1 Å². The molecule has 1 aliphatic rings. The molecular weight excluding hydrogens is 180 g/mol. The Labute approximate surface area is 95.5 Å². The minimum atomic E-state index is 0.968. The molecule has 86 valence electrons. The second-order valence-corrected chi connectivity index (χ2v) is 5.03. The standard InChI is InChI=1S/C15H26/c1-4-13(2)9-5-7-11-15-12-8-6-10-14(15)3/h4-5,9,14-15H,6-8,10-12H2,1-3H3/b9-5-,13-4-. The van der Waals surface area contributed by atoms with E-state index in [9.17, 15) is 0 Å². The van der Waals surface area contributed by atoms with Gasteiger partial charge in [-0.2, -0.15) is 0 Å². The zero-order chi connectivity index (χ0) is 11.1. The fraction of sp³-hybridized carbons (Fsp3) is 0.733. The summed E-state index contributed by atoms with van der Waals surface area (Å²) in [5, 5.41) is 0. The first-order valence-electron chi connectivity index (χ1n) is 6.53. The first kappa shape index (κ1) is 12.5. The Morgan fingerprint density at radius 1 is 1.27 bits per heavy atom. The van der Waals surface area contributed by atoms with Gasteiger partial charge in [-0.1, -0.05) is 56.4 Å². The quantitative estimate of drug-likeness (QED) is 0.560. The molecule has 1 rings (SSSR count). The lowest BCUT2D eigenvalue weighted by atomic mass is 9.78. The molecule has 0 aromatic rings. The van der Waals surface area contributed by atoms with E-state index in [1.54, 1.807) is 0 Å². The van der Waals surface area contributed by atoms with Gasteiger partial charge in [0.15, 0.2) is 0 Å². The van der Waals surface area contributed by atoms with Crippen LogP contribution in [0.25, 0.3) is 0 Å². The summed E-state index contributed by atoms with van der Waals surface area (Å²) < 4.78 is 0. The van der Waals surface area contributed by atoms with Crippen LogP contribution < -0.4 is 0 Å². The molecule has 0 bridgehead atoms. The molecule has 2 atom stereocenters. The minimum absolute atomic E-state index is 0.968. The largest absolute Gasteiger partial charge is 0.0847 e. The van der Waals surface area contributed by atoms with Gasteiger partial charge in [-0.25, -0.2) is 0 Å². The molecule has 1 fully saturated rings. The van der Waals surface area contributed by atoms with Crippen molar-refractivity contribution in [1.82, 2.24) is 0 Å². The fourth-order valence-electron chi connectivity index (χ4n) is 2.50. The van der Waals surface area contributed by atoms with Gasteiger partial charge in [0.2, 0.25) is 0 Å². The molecule has 0 aliphatic heterocycles. The van der Waals surface area contributed by atoms with E-state index in [-0.39, 0.29) is 0 Å². The zero-order valence-corrected chi connectivity index (χ0v) is 10.6. The highest BCUT2D eigenvalue weighted by Gasteiger charge is 2.19. The predicted molar refractivity (Wildman–Crippen MR) is 68.9 cm³/mol. The van der Waals surface area contributed by atoms with E-state index in [0.29, 0.717) is 0 Å². The maximum atomic E-state index is 2.44. The lowest BCUT2D eigenvalue weighted by molar-refractivity contribution is 0.243. The average molecular weight is 206 g/mol. The first-order valence-corrected chi connectivity index (χ1v) is 6.53. The van der Waals surface area contributed by atoms with Gasteiger partial charge in [-0.3, -0.25) is 0 Å². The topological polar surface area (TPSA) is 0 Å². The van der Waals surface area contributed by atoms with Crippen LogP contribution in [0.15, 0.2) is 23.8 Å². The zero-order valence-electron chi connectivity index (χ0n) is 10.6. The maximum Gasteiger partial charge on any atom is -0.0345 e. The third kappa shape index (κ3) is 4.68. The van der Waals surface area contributed by atoms with Crippen molar-refractivity contribution in [1.29, 1.82) is 0 Å². The van der Waals surface area contributed by atoms with Gasteiger partial charge in [0.1, 0.15) is 0 Å². The average Bonchev–Trinajstić information content (AvgIpc) is 2.26. The van der Waals surface area contributed by atoms with Crippen LogP contribution in [0.1, 0.15) is 59.3 Å². The Kier molecular flexibility index (Phi) is 5.75. The summed E-state index contributed by atoms with van der Waals surface area (Å²) in [4.78, 5) is 0. The predicted octanol–water partition coefficient (Wildman–Crippen LogP) is 5.12. The Morgan fingerprint density at radius 3 is 2.67 bits per heavy atom. The fourth-order valence-corrected chi connectivity index (χ4v) is 2.50. The summed E-state index contributed by atoms with van der Waals surface area (Å²) in [5.74, 6) is 1.96. The molecule has 0 aromatic heterocycles. The maximum absolute atomic E-state index is 2.44. The van der Waals surface area contributed by atoms with E-state index < -0.39 is 0 Å². The van der Waals surface area contributed by atoms with Crippen molar-refractivity contribution in [2.45, 2.75) is 59.3 Å². The molecule has 0 heterocycles. The van der Waals surface area contributed by atoms with Gasteiger partial charge >= 0.3 is 0 Å². The van der Waals surface area contributed by atoms with E-state index in [2.05, 4.69) is 39.0 Å². The second kappa shape index (κ2) is 6.87. The lowest BCUT2D eigenvalue weighted by Crippen LogP contribution is -2.16. The minimum Gasteiger partial charge on any atom is -0.0847 e. The van der Waals surface area contributed by atoms with Crippen molar-refractivity contribution in [2.75, 3.05) is 0 Å². The van der Waals surface area contributed by atoms with Crippen LogP contribution in [0, 0.1) is 11.8 Å². The first-order chi connectivity index (χ1) is 7.24. The molecule has 0 radical (unpaired) electrons. The van der Waals surface area contributed by atoms with Gasteiger partial charge in [-0.05, 0) is 38.5 Å². The van der Waals surface area contributed by atoms with Crippen molar-refractivity contribution >= 4 is 0 Å². The molecule has 0 heteroatoms. The Bertz CT molecular complexity index is 222. The third-order valence-electron chi connectivity index (χ3n) is 3.83. The summed E-state index contributed by atoms with van der Waals surface area (Å²) in [6, 6.07) is 0. The van der Waals surface area contributed by atoms with Crippen LogP contribution >= 0.6 is 0 Å². The SMILES string of the molecule is C/C=C(C)\C=C/CCC1CCCCC1C. The highest BCUT2D eigenvalue weighted by atomic mass is 14.3. The monoisotopic (exact) mass is 206 g/mol. The Hall–Kier alpha value is -0.520. The van der Waals surface area contributed by atoms with Crippen molar-refractivity contribution in [3.05, 3.63) is 23.8 Å². The molecule has 2 unspecified atom stereocenters. The van der Waals surface area contributed by atoms with Crippen LogP contribution in [0.3, 0.4) is 0 Å².